The number of rotatable bonds is 4. The summed E-state index contributed by atoms with van der Waals surface area (Å²) in [6.07, 6.45) is 7.45. The summed E-state index contributed by atoms with van der Waals surface area (Å²) in [5.41, 5.74) is 3.81. The summed E-state index contributed by atoms with van der Waals surface area (Å²) in [6.45, 7) is 2.18. The van der Waals surface area contributed by atoms with Crippen LogP contribution in [0.15, 0.2) is 4.79 Å². The second kappa shape index (κ2) is 6.07. The van der Waals surface area contributed by atoms with Crippen molar-refractivity contribution in [2.75, 3.05) is 6.61 Å². The zero-order chi connectivity index (χ0) is 16.7. The van der Waals surface area contributed by atoms with E-state index in [0.29, 0.717) is 18.2 Å². The highest BCUT2D eigenvalue weighted by Gasteiger charge is 2.29. The van der Waals surface area contributed by atoms with Gasteiger partial charge < -0.3 is 9.72 Å². The van der Waals surface area contributed by atoms with Crippen molar-refractivity contribution in [1.29, 1.82) is 0 Å². The van der Waals surface area contributed by atoms with Gasteiger partial charge in [-0.05, 0) is 51.0 Å². The van der Waals surface area contributed by atoms with Crippen LogP contribution in [-0.4, -0.2) is 27.3 Å². The molecule has 0 atom stereocenters. The second-order valence-electron chi connectivity index (χ2n) is 6.82. The Morgan fingerprint density at radius 3 is 2.67 bits per heavy atom. The first-order valence-corrected chi connectivity index (χ1v) is 8.99. The highest BCUT2D eigenvalue weighted by molar-refractivity contribution is 5.85. The van der Waals surface area contributed by atoms with Crippen LogP contribution in [0.4, 0.5) is 0 Å². The van der Waals surface area contributed by atoms with Crippen molar-refractivity contribution in [2.24, 2.45) is 0 Å². The van der Waals surface area contributed by atoms with E-state index in [0.717, 1.165) is 60.7 Å². The Hall–Kier alpha value is -2.11. The maximum Gasteiger partial charge on any atom is 0.327 e. The van der Waals surface area contributed by atoms with Gasteiger partial charge in [-0.3, -0.25) is 9.59 Å². The quantitative estimate of drug-likeness (QED) is 0.874. The van der Waals surface area contributed by atoms with Gasteiger partial charge in [-0.15, -0.1) is 0 Å². The third kappa shape index (κ3) is 2.44. The van der Waals surface area contributed by atoms with Crippen LogP contribution >= 0.6 is 0 Å². The number of nitrogens with zero attached hydrogens (tertiary/aromatic N) is 2. The summed E-state index contributed by atoms with van der Waals surface area (Å²) in [5.74, 6) is 0.133. The van der Waals surface area contributed by atoms with E-state index >= 15 is 0 Å². The van der Waals surface area contributed by atoms with E-state index in [9.17, 15) is 9.59 Å². The first-order chi connectivity index (χ1) is 11.7. The Morgan fingerprint density at radius 2 is 2.00 bits per heavy atom. The molecule has 1 fully saturated rings. The number of hydrogen-bond acceptors (Lipinski definition) is 4. The van der Waals surface area contributed by atoms with E-state index in [1.165, 1.54) is 6.42 Å². The van der Waals surface area contributed by atoms with Crippen LogP contribution in [0.25, 0.3) is 11.0 Å². The van der Waals surface area contributed by atoms with E-state index < -0.39 is 0 Å². The monoisotopic (exact) mass is 329 g/mol. The molecule has 0 aliphatic heterocycles. The Labute approximate surface area is 140 Å². The number of H-pyrrole nitrogens is 1. The average molecular weight is 329 g/mol. The topological polar surface area (TPSA) is 77.0 Å². The SMILES string of the molecule is CCOC(=O)Cn1nc(C2CCC2)c2c3c(c(=O)[nH]c21)CCCC3. The zero-order valence-corrected chi connectivity index (χ0v) is 14.1. The number of esters is 1. The van der Waals surface area contributed by atoms with Crippen LogP contribution in [0.3, 0.4) is 0 Å². The third-order valence-electron chi connectivity index (χ3n) is 5.33. The predicted molar refractivity (Wildman–Crippen MR) is 90.2 cm³/mol. The summed E-state index contributed by atoms with van der Waals surface area (Å²) in [5, 5.41) is 5.82. The molecule has 1 N–H and O–H groups in total. The molecule has 2 aromatic heterocycles. The predicted octanol–water partition coefficient (Wildman–Crippen LogP) is 2.43. The zero-order valence-electron chi connectivity index (χ0n) is 14.1. The van der Waals surface area contributed by atoms with Crippen LogP contribution in [0.1, 0.15) is 61.8 Å². The van der Waals surface area contributed by atoms with Crippen molar-refractivity contribution >= 4 is 17.0 Å². The van der Waals surface area contributed by atoms with Gasteiger partial charge >= 0.3 is 5.97 Å². The summed E-state index contributed by atoms with van der Waals surface area (Å²) >= 11 is 0. The molecule has 2 heterocycles. The second-order valence-corrected chi connectivity index (χ2v) is 6.82. The molecule has 0 spiro atoms. The van der Waals surface area contributed by atoms with Gasteiger partial charge in [0.15, 0.2) is 0 Å². The first kappa shape index (κ1) is 15.4. The Morgan fingerprint density at radius 1 is 1.25 bits per heavy atom. The molecule has 0 amide bonds. The number of ether oxygens (including phenoxy) is 1. The van der Waals surface area contributed by atoms with Crippen LogP contribution in [0.2, 0.25) is 0 Å². The Balaban J connectivity index is 1.89. The molecular weight excluding hydrogens is 306 g/mol. The lowest BCUT2D eigenvalue weighted by Crippen LogP contribution is -2.21. The molecule has 128 valence electrons. The summed E-state index contributed by atoms with van der Waals surface area (Å²) in [6, 6.07) is 0. The molecule has 6 nitrogen and oxygen atoms in total. The molecule has 1 saturated carbocycles. The molecule has 0 saturated heterocycles. The fourth-order valence-electron chi connectivity index (χ4n) is 3.93. The van der Waals surface area contributed by atoms with Crippen LogP contribution < -0.4 is 5.56 Å². The standard InChI is InChI=1S/C18H23N3O3/c1-2-24-14(22)10-21-17-15(16(20-21)11-6-5-7-11)12-8-3-4-9-13(12)18(23)19-17/h11H,2-10H2,1H3,(H,19,23). The van der Waals surface area contributed by atoms with Crippen LogP contribution in [0, 0.1) is 0 Å². The number of pyridine rings is 1. The first-order valence-electron chi connectivity index (χ1n) is 8.99. The lowest BCUT2D eigenvalue weighted by Gasteiger charge is -2.25. The number of aromatic amines is 1. The molecule has 0 bridgehead atoms. The number of nitrogens with one attached hydrogen (secondary N) is 1. The van der Waals surface area contributed by atoms with E-state index in [1.807, 2.05) is 0 Å². The third-order valence-corrected chi connectivity index (χ3v) is 5.33. The van der Waals surface area contributed by atoms with Gasteiger partial charge in [-0.25, -0.2) is 4.68 Å². The van der Waals surface area contributed by atoms with Gasteiger partial charge in [0.1, 0.15) is 12.2 Å². The highest BCUT2D eigenvalue weighted by atomic mass is 16.5. The van der Waals surface area contributed by atoms with Crippen molar-refractivity contribution in [3.8, 4) is 0 Å². The summed E-state index contributed by atoms with van der Waals surface area (Å²) in [4.78, 5) is 27.4. The van der Waals surface area contributed by atoms with Gasteiger partial charge in [-0.2, -0.15) is 5.10 Å². The fraction of sp³-hybridized carbons (Fsp3) is 0.611. The smallest absolute Gasteiger partial charge is 0.327 e. The fourth-order valence-corrected chi connectivity index (χ4v) is 3.93. The van der Waals surface area contributed by atoms with Crippen LogP contribution in [-0.2, 0) is 28.9 Å². The van der Waals surface area contributed by atoms with E-state index in [2.05, 4.69) is 4.98 Å². The minimum Gasteiger partial charge on any atom is -0.465 e. The molecule has 2 aromatic rings. The number of carbonyl (C=O) groups is 1. The molecular formula is C18H23N3O3. The molecule has 2 aliphatic carbocycles. The van der Waals surface area contributed by atoms with E-state index in [4.69, 9.17) is 9.84 Å². The van der Waals surface area contributed by atoms with Crippen LogP contribution in [0.5, 0.6) is 0 Å². The Kier molecular flexibility index (Phi) is 3.90. The molecule has 0 radical (unpaired) electrons. The van der Waals surface area contributed by atoms with Gasteiger partial charge in [0.05, 0.1) is 12.3 Å². The maximum absolute atomic E-state index is 12.5. The van der Waals surface area contributed by atoms with Gasteiger partial charge in [0.25, 0.3) is 5.56 Å². The van der Waals surface area contributed by atoms with E-state index in [-0.39, 0.29) is 18.1 Å². The molecule has 0 aromatic carbocycles. The van der Waals surface area contributed by atoms with Crippen molar-refractivity contribution in [3.63, 3.8) is 0 Å². The van der Waals surface area contributed by atoms with E-state index in [1.54, 1.807) is 11.6 Å². The minimum absolute atomic E-state index is 0.0256. The number of fused-ring (bicyclic) bond motifs is 3. The highest BCUT2D eigenvalue weighted by Crippen LogP contribution is 2.40. The van der Waals surface area contributed by atoms with Crippen molar-refractivity contribution in [1.82, 2.24) is 14.8 Å². The lowest BCUT2D eigenvalue weighted by atomic mass is 9.80. The largest absolute Gasteiger partial charge is 0.465 e. The number of hydrogen-bond donors (Lipinski definition) is 1. The minimum atomic E-state index is -0.319. The Bertz CT molecular complexity index is 845. The molecule has 0 unspecified atom stereocenters. The number of aromatic nitrogens is 3. The summed E-state index contributed by atoms with van der Waals surface area (Å²) < 4.78 is 6.69. The van der Waals surface area contributed by atoms with Gasteiger partial charge in [-0.1, -0.05) is 6.42 Å². The van der Waals surface area contributed by atoms with Crippen molar-refractivity contribution < 1.29 is 9.53 Å². The molecule has 4 rings (SSSR count). The van der Waals surface area contributed by atoms with Gasteiger partial charge in [0.2, 0.25) is 0 Å². The molecule has 2 aliphatic rings. The lowest BCUT2D eigenvalue weighted by molar-refractivity contribution is -0.143. The average Bonchev–Trinajstić information content (AvgIpc) is 2.84. The maximum atomic E-state index is 12.5. The summed E-state index contributed by atoms with van der Waals surface area (Å²) in [7, 11) is 0. The van der Waals surface area contributed by atoms with Crippen molar-refractivity contribution in [2.45, 2.75) is 64.3 Å². The normalized spacial score (nSPS) is 17.5. The molecule has 24 heavy (non-hydrogen) atoms. The number of aryl methyl sites for hydroxylation is 1. The molecule has 6 heteroatoms. The van der Waals surface area contributed by atoms with Crippen molar-refractivity contribution in [3.05, 3.63) is 27.2 Å². The van der Waals surface area contributed by atoms with Gasteiger partial charge in [0, 0.05) is 16.9 Å². The number of carbonyl (C=O) groups excluding carboxylic acids is 1.